The van der Waals surface area contributed by atoms with Crippen molar-refractivity contribution in [2.45, 2.75) is 35.1 Å². The van der Waals surface area contributed by atoms with Gasteiger partial charge in [-0.1, -0.05) is 18.2 Å². The fourth-order valence-electron chi connectivity index (χ4n) is 2.58. The Morgan fingerprint density at radius 2 is 2.18 bits per heavy atom. The van der Waals surface area contributed by atoms with E-state index in [4.69, 9.17) is 10.5 Å². The highest BCUT2D eigenvalue weighted by molar-refractivity contribution is 8.00. The van der Waals surface area contributed by atoms with Crippen LogP contribution in [0.25, 0.3) is 0 Å². The zero-order valence-corrected chi connectivity index (χ0v) is 12.8. The fraction of sp³-hybridized carbons (Fsp3) is 0.400. The van der Waals surface area contributed by atoms with Crippen molar-refractivity contribution in [1.82, 2.24) is 10.2 Å². The van der Waals surface area contributed by atoms with Gasteiger partial charge in [0.25, 0.3) is 0 Å². The lowest BCUT2D eigenvalue weighted by Crippen LogP contribution is -2.54. The molecule has 4 N–H and O–H groups in total. The molecule has 6 nitrogen and oxygen atoms in total. The van der Waals surface area contributed by atoms with E-state index in [0.29, 0.717) is 6.42 Å². The largest absolute Gasteiger partial charge is 0.394 e. The van der Waals surface area contributed by atoms with Crippen molar-refractivity contribution in [2.75, 3.05) is 6.61 Å². The van der Waals surface area contributed by atoms with E-state index in [0.717, 1.165) is 4.90 Å². The molecule has 0 radical (unpaired) electrons. The predicted molar refractivity (Wildman–Crippen MR) is 83.9 cm³/mol. The lowest BCUT2D eigenvalue weighted by molar-refractivity contribution is -0.0360. The monoisotopic (exact) mass is 321 g/mol. The average molecular weight is 321 g/mol. The SMILES string of the molecule is NC1C=CN([C@@H]2O[C@H](CO)C[C@H]2Sc2ccccc2)C(=O)N1. The van der Waals surface area contributed by atoms with Gasteiger partial charge in [-0.15, -0.1) is 11.8 Å². The maximum atomic E-state index is 12.1. The van der Waals surface area contributed by atoms with E-state index < -0.39 is 12.4 Å². The third kappa shape index (κ3) is 3.27. The maximum absolute atomic E-state index is 12.1. The van der Waals surface area contributed by atoms with E-state index in [1.807, 2.05) is 30.3 Å². The van der Waals surface area contributed by atoms with Crippen LogP contribution in [0.2, 0.25) is 0 Å². The van der Waals surface area contributed by atoms with Crippen LogP contribution in [0.5, 0.6) is 0 Å². The van der Waals surface area contributed by atoms with Crippen molar-refractivity contribution in [3.63, 3.8) is 0 Å². The number of nitrogens with zero attached hydrogens (tertiary/aromatic N) is 1. The molecule has 2 aliphatic rings. The number of urea groups is 1. The Morgan fingerprint density at radius 1 is 1.41 bits per heavy atom. The van der Waals surface area contributed by atoms with Crippen LogP contribution in [0.3, 0.4) is 0 Å². The molecule has 0 aliphatic carbocycles. The molecular formula is C15H19N3O3S. The van der Waals surface area contributed by atoms with E-state index in [2.05, 4.69) is 5.32 Å². The van der Waals surface area contributed by atoms with Gasteiger partial charge in [-0.3, -0.25) is 4.90 Å². The summed E-state index contributed by atoms with van der Waals surface area (Å²) in [6.07, 6.45) is 2.89. The summed E-state index contributed by atoms with van der Waals surface area (Å²) in [6.45, 7) is -0.0545. The molecule has 0 spiro atoms. The van der Waals surface area contributed by atoms with Crippen molar-refractivity contribution in [3.05, 3.63) is 42.6 Å². The van der Waals surface area contributed by atoms with Gasteiger partial charge in [-0.25, -0.2) is 4.79 Å². The van der Waals surface area contributed by atoms with E-state index in [1.54, 1.807) is 24.0 Å². The number of carbonyl (C=O) groups is 1. The number of hydrogen-bond donors (Lipinski definition) is 3. The number of benzene rings is 1. The van der Waals surface area contributed by atoms with Gasteiger partial charge >= 0.3 is 6.03 Å². The first kappa shape index (κ1) is 15.4. The number of aliphatic hydroxyl groups excluding tert-OH is 1. The van der Waals surface area contributed by atoms with E-state index in [9.17, 15) is 9.90 Å². The first-order chi connectivity index (χ1) is 10.7. The topological polar surface area (TPSA) is 87.8 Å². The van der Waals surface area contributed by atoms with Gasteiger partial charge < -0.3 is 20.9 Å². The Bertz CT molecular complexity index is 554. The second-order valence-electron chi connectivity index (χ2n) is 5.26. The second kappa shape index (κ2) is 6.70. The first-order valence-corrected chi connectivity index (χ1v) is 8.06. The molecular weight excluding hydrogens is 302 g/mol. The summed E-state index contributed by atoms with van der Waals surface area (Å²) in [5, 5.41) is 12.1. The lowest BCUT2D eigenvalue weighted by Gasteiger charge is -2.32. The molecule has 0 aromatic heterocycles. The first-order valence-electron chi connectivity index (χ1n) is 7.18. The van der Waals surface area contributed by atoms with Crippen LogP contribution >= 0.6 is 11.8 Å². The number of rotatable bonds is 4. The summed E-state index contributed by atoms with van der Waals surface area (Å²) in [4.78, 5) is 14.7. The summed E-state index contributed by atoms with van der Waals surface area (Å²) in [7, 11) is 0. The summed E-state index contributed by atoms with van der Waals surface area (Å²) >= 11 is 1.65. The molecule has 4 atom stereocenters. The Kier molecular flexibility index (Phi) is 4.68. The number of nitrogens with one attached hydrogen (secondary N) is 1. The van der Waals surface area contributed by atoms with Gasteiger partial charge in [0, 0.05) is 11.1 Å². The maximum Gasteiger partial charge on any atom is 0.325 e. The van der Waals surface area contributed by atoms with E-state index in [-0.39, 0.29) is 24.0 Å². The summed E-state index contributed by atoms with van der Waals surface area (Å²) in [6, 6.07) is 9.68. The highest BCUT2D eigenvalue weighted by atomic mass is 32.2. The predicted octanol–water partition coefficient (Wildman–Crippen LogP) is 1.08. The summed E-state index contributed by atoms with van der Waals surface area (Å²) in [5.41, 5.74) is 5.67. The molecule has 2 heterocycles. The molecule has 0 saturated carbocycles. The van der Waals surface area contributed by atoms with Gasteiger partial charge in [-0.05, 0) is 24.6 Å². The minimum absolute atomic E-state index is 0.0456. The minimum atomic E-state index is -0.473. The van der Waals surface area contributed by atoms with Crippen molar-refractivity contribution >= 4 is 17.8 Å². The number of ether oxygens (including phenoxy) is 1. The van der Waals surface area contributed by atoms with Crippen LogP contribution in [-0.2, 0) is 4.74 Å². The molecule has 1 unspecified atom stereocenters. The molecule has 22 heavy (non-hydrogen) atoms. The molecule has 3 rings (SSSR count). The second-order valence-corrected chi connectivity index (χ2v) is 6.57. The summed E-state index contributed by atoms with van der Waals surface area (Å²) in [5.74, 6) is 0. The zero-order valence-electron chi connectivity index (χ0n) is 12.0. The van der Waals surface area contributed by atoms with E-state index in [1.165, 1.54) is 4.90 Å². The fourth-order valence-corrected chi connectivity index (χ4v) is 3.86. The molecule has 1 aromatic carbocycles. The Balaban J connectivity index is 1.78. The standard InChI is InChI=1S/C15H19N3O3S/c16-13-6-7-18(15(20)17-13)14-12(8-10(9-19)21-14)22-11-4-2-1-3-5-11/h1-7,10,12-14,19H,8-9,16H2,(H,17,20)/t10-,12+,13?,14+/m0/s1. The lowest BCUT2D eigenvalue weighted by atomic mass is 10.2. The molecule has 1 aromatic rings. The molecule has 118 valence electrons. The van der Waals surface area contributed by atoms with Crippen molar-refractivity contribution in [2.24, 2.45) is 5.73 Å². The van der Waals surface area contributed by atoms with Crippen LogP contribution in [0, 0.1) is 0 Å². The minimum Gasteiger partial charge on any atom is -0.394 e. The quantitative estimate of drug-likeness (QED) is 0.772. The van der Waals surface area contributed by atoms with Crippen LogP contribution in [0.1, 0.15) is 6.42 Å². The van der Waals surface area contributed by atoms with Crippen LogP contribution in [0.4, 0.5) is 4.79 Å². The van der Waals surface area contributed by atoms with Crippen LogP contribution in [0.15, 0.2) is 47.5 Å². The van der Waals surface area contributed by atoms with Crippen LogP contribution < -0.4 is 11.1 Å². The molecule has 1 fully saturated rings. The molecule has 0 bridgehead atoms. The van der Waals surface area contributed by atoms with Gasteiger partial charge in [0.1, 0.15) is 0 Å². The van der Waals surface area contributed by atoms with Crippen LogP contribution in [-0.4, -0.2) is 46.4 Å². The Hall–Kier alpha value is -1.54. The highest BCUT2D eigenvalue weighted by Gasteiger charge is 2.41. The normalized spacial score (nSPS) is 31.4. The molecule has 2 aliphatic heterocycles. The van der Waals surface area contributed by atoms with Crippen molar-refractivity contribution < 1.29 is 14.6 Å². The zero-order chi connectivity index (χ0) is 15.5. The van der Waals surface area contributed by atoms with Gasteiger partial charge in [-0.2, -0.15) is 0 Å². The number of hydrogen-bond acceptors (Lipinski definition) is 5. The van der Waals surface area contributed by atoms with Gasteiger partial charge in [0.2, 0.25) is 0 Å². The third-order valence-electron chi connectivity index (χ3n) is 3.63. The molecule has 7 heteroatoms. The Labute approximate surface area is 133 Å². The van der Waals surface area contributed by atoms with Gasteiger partial charge in [0.05, 0.1) is 24.1 Å². The van der Waals surface area contributed by atoms with Gasteiger partial charge in [0.15, 0.2) is 6.23 Å². The number of carbonyl (C=O) groups excluding carboxylic acids is 1. The number of nitrogens with two attached hydrogens (primary N) is 1. The molecule has 1 saturated heterocycles. The van der Waals surface area contributed by atoms with E-state index >= 15 is 0 Å². The van der Waals surface area contributed by atoms with Crippen molar-refractivity contribution in [3.8, 4) is 0 Å². The average Bonchev–Trinajstić information content (AvgIpc) is 2.91. The van der Waals surface area contributed by atoms with Crippen molar-refractivity contribution in [1.29, 1.82) is 0 Å². The number of thioether (sulfide) groups is 1. The number of aliphatic hydroxyl groups is 1. The smallest absolute Gasteiger partial charge is 0.325 e. The Morgan fingerprint density at radius 3 is 2.86 bits per heavy atom. The number of amides is 2. The highest BCUT2D eigenvalue weighted by Crippen LogP contribution is 2.37. The third-order valence-corrected chi connectivity index (χ3v) is 4.90. The molecule has 2 amide bonds. The summed E-state index contributed by atoms with van der Waals surface area (Å²) < 4.78 is 5.84.